The summed E-state index contributed by atoms with van der Waals surface area (Å²) in [5.74, 6) is 0.353. The minimum Gasteiger partial charge on any atom is -0.508 e. The van der Waals surface area contributed by atoms with Crippen LogP contribution in [-0.4, -0.2) is 17.6 Å². The number of hydrogen-bond acceptors (Lipinski definition) is 2. The second kappa shape index (κ2) is 5.95. The molecule has 0 fully saturated rings. The van der Waals surface area contributed by atoms with Crippen LogP contribution in [0, 0.1) is 0 Å². The molecular formula is C17H21NO2. The number of carbonyl (C=O) groups is 1. The highest BCUT2D eigenvalue weighted by Crippen LogP contribution is 2.34. The van der Waals surface area contributed by atoms with E-state index in [0.29, 0.717) is 19.4 Å². The first-order valence-electron chi connectivity index (χ1n) is 6.92. The monoisotopic (exact) mass is 271 g/mol. The van der Waals surface area contributed by atoms with Crippen molar-refractivity contribution < 1.29 is 9.90 Å². The van der Waals surface area contributed by atoms with Crippen LogP contribution in [0.3, 0.4) is 0 Å². The van der Waals surface area contributed by atoms with Gasteiger partial charge in [0.25, 0.3) is 0 Å². The molecule has 1 heterocycles. The van der Waals surface area contributed by atoms with E-state index in [0.717, 1.165) is 23.2 Å². The Balaban J connectivity index is 2.40. The van der Waals surface area contributed by atoms with Crippen molar-refractivity contribution in [1.29, 1.82) is 0 Å². The molecule has 3 heteroatoms. The summed E-state index contributed by atoms with van der Waals surface area (Å²) in [4.78, 5) is 13.8. The van der Waals surface area contributed by atoms with Gasteiger partial charge in [0.05, 0.1) is 5.69 Å². The molecule has 1 N–H and O–H groups in total. The maximum Gasteiger partial charge on any atom is 0.227 e. The number of phenolic OH excluding ortho intramolecular Hbond substituents is 1. The fourth-order valence-electron chi connectivity index (χ4n) is 2.43. The lowest BCUT2D eigenvalue weighted by atomic mass is 9.96. The van der Waals surface area contributed by atoms with Crippen molar-refractivity contribution in [2.45, 2.75) is 33.1 Å². The fourth-order valence-corrected chi connectivity index (χ4v) is 2.43. The van der Waals surface area contributed by atoms with E-state index in [1.807, 2.05) is 26.0 Å². The van der Waals surface area contributed by atoms with Gasteiger partial charge in [-0.15, -0.1) is 6.58 Å². The highest BCUT2D eigenvalue weighted by Gasteiger charge is 2.24. The first-order valence-corrected chi connectivity index (χ1v) is 6.92. The highest BCUT2D eigenvalue weighted by molar-refractivity contribution is 5.97. The van der Waals surface area contributed by atoms with Gasteiger partial charge in [-0.3, -0.25) is 4.79 Å². The van der Waals surface area contributed by atoms with Gasteiger partial charge >= 0.3 is 0 Å². The number of carbonyl (C=O) groups excluding carboxylic acids is 1. The molecule has 106 valence electrons. The molecule has 0 saturated carbocycles. The van der Waals surface area contributed by atoms with Crippen molar-refractivity contribution >= 4 is 11.6 Å². The quantitative estimate of drug-likeness (QED) is 0.853. The van der Waals surface area contributed by atoms with Gasteiger partial charge in [0.1, 0.15) is 5.75 Å². The SMILES string of the molecule is C=CCc1cc2c(cc1O)N(CC=C(C)C)C(=O)CC2. The molecule has 1 aromatic rings. The van der Waals surface area contributed by atoms with Crippen LogP contribution in [0.1, 0.15) is 31.4 Å². The number of benzene rings is 1. The molecular weight excluding hydrogens is 250 g/mol. The van der Waals surface area contributed by atoms with E-state index >= 15 is 0 Å². The Morgan fingerprint density at radius 1 is 1.40 bits per heavy atom. The van der Waals surface area contributed by atoms with E-state index < -0.39 is 0 Å². The van der Waals surface area contributed by atoms with Crippen LogP contribution in [0.15, 0.2) is 36.4 Å². The minimum atomic E-state index is 0.117. The van der Waals surface area contributed by atoms with Crippen molar-refractivity contribution in [3.8, 4) is 5.75 Å². The van der Waals surface area contributed by atoms with Crippen molar-refractivity contribution in [1.82, 2.24) is 0 Å². The summed E-state index contributed by atoms with van der Waals surface area (Å²) in [5.41, 5.74) is 4.01. The summed E-state index contributed by atoms with van der Waals surface area (Å²) in [6.45, 7) is 8.29. The third kappa shape index (κ3) is 2.93. The summed E-state index contributed by atoms with van der Waals surface area (Å²) >= 11 is 0. The highest BCUT2D eigenvalue weighted by atomic mass is 16.3. The van der Waals surface area contributed by atoms with Gasteiger partial charge in [0.15, 0.2) is 0 Å². The standard InChI is InChI=1S/C17H21NO2/c1-4-5-14-10-13-6-7-17(20)18(9-8-12(2)3)15(13)11-16(14)19/h4,8,10-11,19H,1,5-7,9H2,2-3H3. The second-order valence-corrected chi connectivity index (χ2v) is 5.39. The lowest BCUT2D eigenvalue weighted by molar-refractivity contribution is -0.118. The van der Waals surface area contributed by atoms with Crippen molar-refractivity contribution in [3.05, 3.63) is 47.6 Å². The Kier molecular flexibility index (Phi) is 4.28. The van der Waals surface area contributed by atoms with Crippen LogP contribution in [0.5, 0.6) is 5.75 Å². The molecule has 0 unspecified atom stereocenters. The lowest BCUT2D eigenvalue weighted by Gasteiger charge is -2.29. The number of anilines is 1. The summed E-state index contributed by atoms with van der Waals surface area (Å²) in [6, 6.07) is 3.71. The summed E-state index contributed by atoms with van der Waals surface area (Å²) < 4.78 is 0. The largest absolute Gasteiger partial charge is 0.508 e. The Morgan fingerprint density at radius 2 is 2.15 bits per heavy atom. The number of rotatable bonds is 4. The maximum absolute atomic E-state index is 12.1. The van der Waals surface area contributed by atoms with Crippen LogP contribution >= 0.6 is 0 Å². The Hall–Kier alpha value is -2.03. The third-order valence-electron chi connectivity index (χ3n) is 3.53. The van der Waals surface area contributed by atoms with E-state index in [4.69, 9.17) is 0 Å². The zero-order chi connectivity index (χ0) is 14.7. The molecule has 1 amide bonds. The van der Waals surface area contributed by atoms with E-state index in [1.165, 1.54) is 5.57 Å². The number of aryl methyl sites for hydroxylation is 1. The minimum absolute atomic E-state index is 0.117. The summed E-state index contributed by atoms with van der Waals surface area (Å²) in [7, 11) is 0. The van der Waals surface area contributed by atoms with Gasteiger partial charge < -0.3 is 10.0 Å². The van der Waals surface area contributed by atoms with E-state index in [2.05, 4.69) is 6.58 Å². The van der Waals surface area contributed by atoms with Crippen molar-refractivity contribution in [2.24, 2.45) is 0 Å². The molecule has 1 aliphatic heterocycles. The first-order chi connectivity index (χ1) is 9.52. The normalized spacial score (nSPS) is 13.9. The molecule has 0 bridgehead atoms. The Labute approximate surface area is 120 Å². The van der Waals surface area contributed by atoms with Crippen molar-refractivity contribution in [2.75, 3.05) is 11.4 Å². The number of hydrogen-bond donors (Lipinski definition) is 1. The first kappa shape index (κ1) is 14.4. The number of aromatic hydroxyl groups is 1. The van der Waals surface area contributed by atoms with Crippen LogP contribution < -0.4 is 4.90 Å². The van der Waals surface area contributed by atoms with E-state index in [-0.39, 0.29) is 11.7 Å². The number of amides is 1. The van der Waals surface area contributed by atoms with Crippen molar-refractivity contribution in [3.63, 3.8) is 0 Å². The Bertz CT molecular complexity index is 569. The van der Waals surface area contributed by atoms with Gasteiger partial charge in [-0.25, -0.2) is 0 Å². The lowest BCUT2D eigenvalue weighted by Crippen LogP contribution is -2.35. The van der Waals surface area contributed by atoms with Gasteiger partial charge in [-0.2, -0.15) is 0 Å². The van der Waals surface area contributed by atoms with Gasteiger partial charge in [0.2, 0.25) is 5.91 Å². The molecule has 0 aromatic heterocycles. The molecule has 3 nitrogen and oxygen atoms in total. The van der Waals surface area contributed by atoms with Crippen LogP contribution in [-0.2, 0) is 17.6 Å². The summed E-state index contributed by atoms with van der Waals surface area (Å²) in [5, 5.41) is 10.1. The van der Waals surface area contributed by atoms with Crippen LogP contribution in [0.2, 0.25) is 0 Å². The van der Waals surface area contributed by atoms with Gasteiger partial charge in [-0.05, 0) is 43.9 Å². The molecule has 0 atom stereocenters. The van der Waals surface area contributed by atoms with Gasteiger partial charge in [-0.1, -0.05) is 17.7 Å². The third-order valence-corrected chi connectivity index (χ3v) is 3.53. The van der Waals surface area contributed by atoms with Crippen LogP contribution in [0.25, 0.3) is 0 Å². The molecule has 1 aliphatic rings. The molecule has 20 heavy (non-hydrogen) atoms. The van der Waals surface area contributed by atoms with Crippen LogP contribution in [0.4, 0.5) is 5.69 Å². The zero-order valence-corrected chi connectivity index (χ0v) is 12.1. The van der Waals surface area contributed by atoms with Gasteiger partial charge in [0, 0.05) is 19.0 Å². The number of allylic oxidation sites excluding steroid dienone is 2. The molecule has 1 aromatic carbocycles. The molecule has 0 saturated heterocycles. The average Bonchev–Trinajstić information content (AvgIpc) is 2.39. The van der Waals surface area contributed by atoms with E-state index in [9.17, 15) is 9.90 Å². The predicted octanol–water partition coefficient (Wildman–Crippen LogP) is 3.37. The maximum atomic E-state index is 12.1. The second-order valence-electron chi connectivity index (χ2n) is 5.39. The number of nitrogens with zero attached hydrogens (tertiary/aromatic N) is 1. The predicted molar refractivity (Wildman–Crippen MR) is 82.1 cm³/mol. The number of fused-ring (bicyclic) bond motifs is 1. The molecule has 2 rings (SSSR count). The Morgan fingerprint density at radius 3 is 2.80 bits per heavy atom. The topological polar surface area (TPSA) is 40.5 Å². The zero-order valence-electron chi connectivity index (χ0n) is 12.1. The number of phenols is 1. The molecule has 0 spiro atoms. The summed E-state index contributed by atoms with van der Waals surface area (Å²) in [6.07, 6.45) is 5.71. The molecule has 0 radical (unpaired) electrons. The van der Waals surface area contributed by atoms with E-state index in [1.54, 1.807) is 17.0 Å². The smallest absolute Gasteiger partial charge is 0.227 e. The fraction of sp³-hybridized carbons (Fsp3) is 0.353. The molecule has 0 aliphatic carbocycles. The average molecular weight is 271 g/mol.